The molecule has 0 aliphatic carbocycles. The SMILES string of the molecule is COCCOc1cccc(C=O)c1OCCOC. The van der Waals surface area contributed by atoms with Gasteiger partial charge in [-0.05, 0) is 12.1 Å². The summed E-state index contributed by atoms with van der Waals surface area (Å²) in [4.78, 5) is 11.0. The third-order valence-corrected chi connectivity index (χ3v) is 2.22. The molecule has 100 valence electrons. The van der Waals surface area contributed by atoms with E-state index in [9.17, 15) is 4.79 Å². The van der Waals surface area contributed by atoms with Crippen LogP contribution >= 0.6 is 0 Å². The first kappa shape index (κ1) is 14.5. The average Bonchev–Trinajstić information content (AvgIpc) is 2.40. The Hall–Kier alpha value is -1.59. The van der Waals surface area contributed by atoms with Crippen molar-refractivity contribution in [3.8, 4) is 11.5 Å². The first-order valence-electron chi connectivity index (χ1n) is 5.65. The van der Waals surface area contributed by atoms with Crippen molar-refractivity contribution in [3.05, 3.63) is 23.8 Å². The van der Waals surface area contributed by atoms with Crippen LogP contribution in [0.25, 0.3) is 0 Å². The lowest BCUT2D eigenvalue weighted by atomic mass is 10.2. The maximum absolute atomic E-state index is 11.0. The molecule has 0 radical (unpaired) electrons. The van der Waals surface area contributed by atoms with Gasteiger partial charge in [0.1, 0.15) is 13.2 Å². The van der Waals surface area contributed by atoms with Crippen molar-refractivity contribution in [1.29, 1.82) is 0 Å². The Bertz CT molecular complexity index is 364. The second kappa shape index (κ2) is 8.49. The van der Waals surface area contributed by atoms with E-state index in [1.165, 1.54) is 0 Å². The highest BCUT2D eigenvalue weighted by Crippen LogP contribution is 2.30. The van der Waals surface area contributed by atoms with Gasteiger partial charge in [-0.15, -0.1) is 0 Å². The first-order chi connectivity index (χ1) is 8.83. The van der Waals surface area contributed by atoms with E-state index >= 15 is 0 Å². The number of carbonyl (C=O) groups is 1. The number of rotatable bonds is 9. The molecule has 0 heterocycles. The molecule has 0 spiro atoms. The summed E-state index contributed by atoms with van der Waals surface area (Å²) in [6.07, 6.45) is 0.741. The molecule has 18 heavy (non-hydrogen) atoms. The van der Waals surface area contributed by atoms with E-state index in [4.69, 9.17) is 18.9 Å². The minimum absolute atomic E-state index is 0.363. The minimum Gasteiger partial charge on any atom is -0.487 e. The summed E-state index contributed by atoms with van der Waals surface area (Å²) in [6, 6.07) is 5.18. The average molecular weight is 254 g/mol. The number of ether oxygens (including phenoxy) is 4. The molecular weight excluding hydrogens is 236 g/mol. The highest BCUT2D eigenvalue weighted by molar-refractivity contribution is 5.81. The van der Waals surface area contributed by atoms with Gasteiger partial charge in [-0.1, -0.05) is 6.07 Å². The Morgan fingerprint density at radius 2 is 1.67 bits per heavy atom. The number of hydrogen-bond acceptors (Lipinski definition) is 5. The van der Waals surface area contributed by atoms with Gasteiger partial charge in [-0.25, -0.2) is 0 Å². The van der Waals surface area contributed by atoms with Crippen molar-refractivity contribution in [1.82, 2.24) is 0 Å². The zero-order valence-corrected chi connectivity index (χ0v) is 10.7. The third-order valence-electron chi connectivity index (χ3n) is 2.22. The zero-order chi connectivity index (χ0) is 13.2. The van der Waals surface area contributed by atoms with Crippen molar-refractivity contribution >= 4 is 6.29 Å². The van der Waals surface area contributed by atoms with E-state index in [1.54, 1.807) is 32.4 Å². The lowest BCUT2D eigenvalue weighted by Crippen LogP contribution is -2.09. The Kier molecular flexibility index (Phi) is 6.83. The van der Waals surface area contributed by atoms with E-state index in [0.29, 0.717) is 43.5 Å². The maximum Gasteiger partial charge on any atom is 0.171 e. The molecule has 0 saturated heterocycles. The van der Waals surface area contributed by atoms with Crippen LogP contribution in [0.3, 0.4) is 0 Å². The lowest BCUT2D eigenvalue weighted by molar-refractivity contribution is 0.110. The number of para-hydroxylation sites is 1. The van der Waals surface area contributed by atoms with Gasteiger partial charge in [0.05, 0.1) is 18.8 Å². The highest BCUT2D eigenvalue weighted by atomic mass is 16.5. The fourth-order valence-electron chi connectivity index (χ4n) is 1.36. The number of benzene rings is 1. The van der Waals surface area contributed by atoms with E-state index in [1.807, 2.05) is 0 Å². The van der Waals surface area contributed by atoms with Crippen molar-refractivity contribution in [2.45, 2.75) is 0 Å². The monoisotopic (exact) mass is 254 g/mol. The summed E-state index contributed by atoms with van der Waals surface area (Å²) in [5.74, 6) is 0.980. The maximum atomic E-state index is 11.0. The number of hydrogen-bond donors (Lipinski definition) is 0. The van der Waals surface area contributed by atoms with Crippen LogP contribution in [0.15, 0.2) is 18.2 Å². The van der Waals surface area contributed by atoms with Crippen LogP contribution < -0.4 is 9.47 Å². The van der Waals surface area contributed by atoms with Crippen molar-refractivity contribution in [2.75, 3.05) is 40.6 Å². The molecule has 1 aromatic rings. The number of aldehydes is 1. The molecule has 1 rings (SSSR count). The molecule has 0 fully saturated rings. The van der Waals surface area contributed by atoms with Crippen LogP contribution in [0, 0.1) is 0 Å². The lowest BCUT2D eigenvalue weighted by Gasteiger charge is -2.14. The predicted octanol–water partition coefficient (Wildman–Crippen LogP) is 1.55. The van der Waals surface area contributed by atoms with Gasteiger partial charge in [-0.2, -0.15) is 0 Å². The van der Waals surface area contributed by atoms with Gasteiger partial charge >= 0.3 is 0 Å². The first-order valence-corrected chi connectivity index (χ1v) is 5.65. The summed E-state index contributed by atoms with van der Waals surface area (Å²) in [7, 11) is 3.19. The molecule has 5 nitrogen and oxygen atoms in total. The Labute approximate surface area is 107 Å². The summed E-state index contributed by atoms with van der Waals surface area (Å²) in [5, 5.41) is 0. The highest BCUT2D eigenvalue weighted by Gasteiger charge is 2.10. The normalized spacial score (nSPS) is 10.1. The number of carbonyl (C=O) groups excluding carboxylic acids is 1. The van der Waals surface area contributed by atoms with Gasteiger partial charge in [0, 0.05) is 14.2 Å². The van der Waals surface area contributed by atoms with Crippen molar-refractivity contribution < 1.29 is 23.7 Å². The van der Waals surface area contributed by atoms with E-state index in [-0.39, 0.29) is 0 Å². The molecule has 0 aliphatic heterocycles. The molecule has 0 atom stereocenters. The molecule has 0 saturated carbocycles. The fraction of sp³-hybridized carbons (Fsp3) is 0.462. The molecule has 0 bridgehead atoms. The Morgan fingerprint density at radius 3 is 2.28 bits per heavy atom. The predicted molar refractivity (Wildman–Crippen MR) is 66.6 cm³/mol. The van der Waals surface area contributed by atoms with E-state index in [0.717, 1.165) is 6.29 Å². The van der Waals surface area contributed by atoms with Gasteiger partial charge in [0.15, 0.2) is 17.8 Å². The molecule has 0 aromatic heterocycles. The summed E-state index contributed by atoms with van der Waals surface area (Å²) in [5.41, 5.74) is 0.459. The van der Waals surface area contributed by atoms with Gasteiger partial charge in [0.2, 0.25) is 0 Å². The zero-order valence-electron chi connectivity index (χ0n) is 10.7. The van der Waals surface area contributed by atoms with Crippen LogP contribution in [0.4, 0.5) is 0 Å². The standard InChI is InChI=1S/C13H18O5/c1-15-6-8-17-12-5-3-4-11(10-14)13(12)18-9-7-16-2/h3-5,10H,6-9H2,1-2H3. The smallest absolute Gasteiger partial charge is 0.171 e. The van der Waals surface area contributed by atoms with Crippen LogP contribution in [-0.4, -0.2) is 46.9 Å². The fourth-order valence-corrected chi connectivity index (χ4v) is 1.36. The third kappa shape index (κ3) is 4.35. The molecule has 5 heteroatoms. The summed E-state index contributed by atoms with van der Waals surface area (Å²) >= 11 is 0. The molecular formula is C13H18O5. The van der Waals surface area contributed by atoms with Crippen LogP contribution in [0.2, 0.25) is 0 Å². The quantitative estimate of drug-likeness (QED) is 0.494. The Morgan fingerprint density at radius 1 is 1.00 bits per heavy atom. The second-order valence-corrected chi connectivity index (χ2v) is 3.47. The second-order valence-electron chi connectivity index (χ2n) is 3.47. The van der Waals surface area contributed by atoms with Crippen molar-refractivity contribution in [3.63, 3.8) is 0 Å². The van der Waals surface area contributed by atoms with E-state index < -0.39 is 0 Å². The van der Waals surface area contributed by atoms with Crippen LogP contribution in [0.1, 0.15) is 10.4 Å². The van der Waals surface area contributed by atoms with Crippen molar-refractivity contribution in [2.24, 2.45) is 0 Å². The summed E-state index contributed by atoms with van der Waals surface area (Å²) in [6.45, 7) is 1.69. The molecule has 0 N–H and O–H groups in total. The van der Waals surface area contributed by atoms with Crippen LogP contribution in [-0.2, 0) is 9.47 Å². The topological polar surface area (TPSA) is 54.0 Å². The Balaban J connectivity index is 2.75. The summed E-state index contributed by atoms with van der Waals surface area (Å²) < 4.78 is 20.8. The van der Waals surface area contributed by atoms with Crippen LogP contribution in [0.5, 0.6) is 11.5 Å². The van der Waals surface area contributed by atoms with Gasteiger partial charge in [0.25, 0.3) is 0 Å². The molecule has 0 amide bonds. The molecule has 0 aliphatic rings. The molecule has 0 unspecified atom stereocenters. The minimum atomic E-state index is 0.363. The van der Waals surface area contributed by atoms with E-state index in [2.05, 4.69) is 0 Å². The molecule has 1 aromatic carbocycles. The van der Waals surface area contributed by atoms with Gasteiger partial charge < -0.3 is 18.9 Å². The largest absolute Gasteiger partial charge is 0.487 e. The number of methoxy groups -OCH3 is 2. The van der Waals surface area contributed by atoms with Gasteiger partial charge in [-0.3, -0.25) is 4.79 Å².